The Labute approximate surface area is 122 Å². The van der Waals surface area contributed by atoms with Gasteiger partial charge in [0.2, 0.25) is 0 Å². The van der Waals surface area contributed by atoms with E-state index in [9.17, 15) is 13.2 Å². The van der Waals surface area contributed by atoms with Crippen LogP contribution in [0.1, 0.15) is 19.4 Å². The molecule has 3 nitrogen and oxygen atoms in total. The Bertz CT molecular complexity index is 462. The Morgan fingerprint density at radius 1 is 1.38 bits per heavy atom. The van der Waals surface area contributed by atoms with Gasteiger partial charge in [-0.15, -0.1) is 0 Å². The highest BCUT2D eigenvalue weighted by molar-refractivity contribution is 5.30. The first-order chi connectivity index (χ1) is 9.86. The maximum Gasteiger partial charge on any atom is 0.416 e. The van der Waals surface area contributed by atoms with Gasteiger partial charge in [0.1, 0.15) is 18.5 Å². The number of rotatable bonds is 4. The molecule has 0 spiro atoms. The van der Waals surface area contributed by atoms with Gasteiger partial charge in [0, 0.05) is 19.1 Å². The standard InChI is InChI=1S/C15H20F3NO2/c1-11(2)19-6-7-20-14(9-19)10-21-13-5-3-4-12(8-13)15(16,17)18/h3-5,8,11,14H,6-7,9-10H2,1-2H3. The average molecular weight is 303 g/mol. The molecule has 1 fully saturated rings. The molecule has 6 heteroatoms. The lowest BCUT2D eigenvalue weighted by Gasteiger charge is -2.35. The molecule has 1 heterocycles. The lowest BCUT2D eigenvalue weighted by Crippen LogP contribution is -2.47. The van der Waals surface area contributed by atoms with E-state index in [1.807, 2.05) is 0 Å². The van der Waals surface area contributed by atoms with E-state index in [0.29, 0.717) is 12.6 Å². The molecular weight excluding hydrogens is 283 g/mol. The summed E-state index contributed by atoms with van der Waals surface area (Å²) in [6, 6.07) is 5.34. The lowest BCUT2D eigenvalue weighted by molar-refractivity contribution is -0.137. The highest BCUT2D eigenvalue weighted by Gasteiger charge is 2.30. The Balaban J connectivity index is 1.91. The zero-order chi connectivity index (χ0) is 15.5. The van der Waals surface area contributed by atoms with Gasteiger partial charge in [-0.05, 0) is 32.0 Å². The van der Waals surface area contributed by atoms with Crippen LogP contribution >= 0.6 is 0 Å². The summed E-state index contributed by atoms with van der Waals surface area (Å²) in [6.07, 6.45) is -4.47. The number of benzene rings is 1. The van der Waals surface area contributed by atoms with Crippen molar-refractivity contribution in [3.8, 4) is 5.75 Å². The SMILES string of the molecule is CC(C)N1CCOC(COc2cccc(C(F)(F)F)c2)C1. The summed E-state index contributed by atoms with van der Waals surface area (Å²) in [5, 5.41) is 0. The van der Waals surface area contributed by atoms with E-state index in [1.54, 1.807) is 0 Å². The van der Waals surface area contributed by atoms with Gasteiger partial charge in [-0.25, -0.2) is 0 Å². The highest BCUT2D eigenvalue weighted by atomic mass is 19.4. The smallest absolute Gasteiger partial charge is 0.416 e. The minimum absolute atomic E-state index is 0.115. The van der Waals surface area contributed by atoms with E-state index in [4.69, 9.17) is 9.47 Å². The van der Waals surface area contributed by atoms with Gasteiger partial charge in [-0.1, -0.05) is 6.07 Å². The van der Waals surface area contributed by atoms with Crippen LogP contribution in [0.3, 0.4) is 0 Å². The molecule has 0 amide bonds. The van der Waals surface area contributed by atoms with E-state index in [-0.39, 0.29) is 18.5 Å². The van der Waals surface area contributed by atoms with Crippen LogP contribution in [0.4, 0.5) is 13.2 Å². The number of morpholine rings is 1. The fourth-order valence-corrected chi connectivity index (χ4v) is 2.26. The zero-order valence-electron chi connectivity index (χ0n) is 12.2. The predicted molar refractivity (Wildman–Crippen MR) is 73.4 cm³/mol. The highest BCUT2D eigenvalue weighted by Crippen LogP contribution is 2.31. The molecule has 0 radical (unpaired) electrons. The van der Waals surface area contributed by atoms with E-state index < -0.39 is 11.7 Å². The van der Waals surface area contributed by atoms with Gasteiger partial charge in [0.25, 0.3) is 0 Å². The third-order valence-corrected chi connectivity index (χ3v) is 3.50. The van der Waals surface area contributed by atoms with Crippen molar-refractivity contribution in [1.82, 2.24) is 4.90 Å². The van der Waals surface area contributed by atoms with Crippen molar-refractivity contribution in [3.63, 3.8) is 0 Å². The molecule has 0 aliphatic carbocycles. The van der Waals surface area contributed by atoms with Crippen molar-refractivity contribution in [2.45, 2.75) is 32.2 Å². The molecular formula is C15H20F3NO2. The van der Waals surface area contributed by atoms with Crippen LogP contribution in [0.25, 0.3) is 0 Å². The molecule has 0 saturated carbocycles. The van der Waals surface area contributed by atoms with Crippen LogP contribution in [-0.4, -0.2) is 43.3 Å². The van der Waals surface area contributed by atoms with Crippen molar-refractivity contribution >= 4 is 0 Å². The normalized spacial score (nSPS) is 20.8. The van der Waals surface area contributed by atoms with Crippen LogP contribution < -0.4 is 4.74 Å². The zero-order valence-corrected chi connectivity index (χ0v) is 12.2. The molecule has 1 saturated heterocycles. The summed E-state index contributed by atoms with van der Waals surface area (Å²) in [5.74, 6) is 0.218. The summed E-state index contributed by atoms with van der Waals surface area (Å²) in [5.41, 5.74) is -0.701. The quantitative estimate of drug-likeness (QED) is 0.852. The fraction of sp³-hybridized carbons (Fsp3) is 0.600. The van der Waals surface area contributed by atoms with Crippen LogP contribution in [0, 0.1) is 0 Å². The molecule has 1 aliphatic heterocycles. The summed E-state index contributed by atoms with van der Waals surface area (Å²) in [7, 11) is 0. The van der Waals surface area contributed by atoms with Crippen LogP contribution in [-0.2, 0) is 10.9 Å². The summed E-state index contributed by atoms with van der Waals surface area (Å²) >= 11 is 0. The lowest BCUT2D eigenvalue weighted by atomic mass is 10.2. The molecule has 1 aliphatic rings. The molecule has 1 aromatic rings. The molecule has 0 N–H and O–H groups in total. The molecule has 21 heavy (non-hydrogen) atoms. The van der Waals surface area contributed by atoms with Crippen LogP contribution in [0.2, 0.25) is 0 Å². The second-order valence-electron chi connectivity index (χ2n) is 5.42. The third kappa shape index (κ3) is 4.61. The molecule has 2 rings (SSSR count). The van der Waals surface area contributed by atoms with Crippen molar-refractivity contribution in [1.29, 1.82) is 0 Å². The van der Waals surface area contributed by atoms with Gasteiger partial charge < -0.3 is 9.47 Å². The van der Waals surface area contributed by atoms with Crippen LogP contribution in [0.15, 0.2) is 24.3 Å². The minimum Gasteiger partial charge on any atom is -0.491 e. The molecule has 1 unspecified atom stereocenters. The van der Waals surface area contributed by atoms with Gasteiger partial charge in [-0.2, -0.15) is 13.2 Å². The van der Waals surface area contributed by atoms with Gasteiger partial charge >= 0.3 is 6.18 Å². The summed E-state index contributed by atoms with van der Waals surface area (Å²) in [4.78, 5) is 2.27. The third-order valence-electron chi connectivity index (χ3n) is 3.50. The monoisotopic (exact) mass is 303 g/mol. The van der Waals surface area contributed by atoms with Crippen LogP contribution in [0.5, 0.6) is 5.75 Å². The van der Waals surface area contributed by atoms with Gasteiger partial charge in [0.15, 0.2) is 0 Å². The van der Waals surface area contributed by atoms with E-state index in [2.05, 4.69) is 18.7 Å². The Kier molecular flexibility index (Phi) is 5.11. The van der Waals surface area contributed by atoms with E-state index >= 15 is 0 Å². The second kappa shape index (κ2) is 6.66. The fourth-order valence-electron chi connectivity index (χ4n) is 2.26. The van der Waals surface area contributed by atoms with Gasteiger partial charge in [-0.3, -0.25) is 4.90 Å². The second-order valence-corrected chi connectivity index (χ2v) is 5.42. The number of hydrogen-bond donors (Lipinski definition) is 0. The number of ether oxygens (including phenoxy) is 2. The maximum absolute atomic E-state index is 12.6. The topological polar surface area (TPSA) is 21.7 Å². The first-order valence-electron chi connectivity index (χ1n) is 7.02. The first-order valence-corrected chi connectivity index (χ1v) is 7.02. The van der Waals surface area contributed by atoms with Gasteiger partial charge in [0.05, 0.1) is 12.2 Å². The molecule has 0 bridgehead atoms. The Hall–Kier alpha value is -1.27. The number of nitrogens with zero attached hydrogens (tertiary/aromatic N) is 1. The largest absolute Gasteiger partial charge is 0.491 e. The Morgan fingerprint density at radius 3 is 2.81 bits per heavy atom. The number of halogens is 3. The predicted octanol–water partition coefficient (Wildman–Crippen LogP) is 3.19. The Morgan fingerprint density at radius 2 is 2.14 bits per heavy atom. The van der Waals surface area contributed by atoms with Crippen molar-refractivity contribution in [3.05, 3.63) is 29.8 Å². The minimum atomic E-state index is -4.35. The first kappa shape index (κ1) is 16.1. The van der Waals surface area contributed by atoms with E-state index in [0.717, 1.165) is 25.2 Å². The molecule has 118 valence electrons. The summed E-state index contributed by atoms with van der Waals surface area (Å²) in [6.45, 7) is 6.69. The number of hydrogen-bond acceptors (Lipinski definition) is 3. The average Bonchev–Trinajstić information content (AvgIpc) is 2.45. The maximum atomic E-state index is 12.6. The van der Waals surface area contributed by atoms with Crippen molar-refractivity contribution in [2.75, 3.05) is 26.3 Å². The molecule has 0 aromatic heterocycles. The van der Waals surface area contributed by atoms with Crippen molar-refractivity contribution in [2.24, 2.45) is 0 Å². The van der Waals surface area contributed by atoms with E-state index in [1.165, 1.54) is 12.1 Å². The molecule has 1 aromatic carbocycles. The molecule has 1 atom stereocenters. The summed E-state index contributed by atoms with van der Waals surface area (Å²) < 4.78 is 48.9. The van der Waals surface area contributed by atoms with Crippen molar-refractivity contribution < 1.29 is 22.6 Å². The number of alkyl halides is 3.